The molecule has 0 saturated carbocycles. The summed E-state index contributed by atoms with van der Waals surface area (Å²) in [4.78, 5) is 13.6. The second kappa shape index (κ2) is 6.87. The Labute approximate surface area is 147 Å². The summed E-state index contributed by atoms with van der Waals surface area (Å²) in [5.41, 5.74) is 5.48. The number of nitrogens with two attached hydrogens (primary N) is 1. The molecule has 2 N–H and O–H groups in total. The Hall–Kier alpha value is -2.98. The molecule has 0 radical (unpaired) electrons. The summed E-state index contributed by atoms with van der Waals surface area (Å²) < 4.78 is 5.06. The quantitative estimate of drug-likeness (QED) is 0.820. The van der Waals surface area contributed by atoms with Gasteiger partial charge < -0.3 is 15.4 Å². The van der Waals surface area contributed by atoms with Gasteiger partial charge in [-0.25, -0.2) is 4.79 Å². The highest BCUT2D eigenvalue weighted by Crippen LogP contribution is 2.52. The summed E-state index contributed by atoms with van der Waals surface area (Å²) in [6, 6.07) is 6.17. The zero-order chi connectivity index (χ0) is 18.8. The molecule has 7 nitrogen and oxygen atoms in total. The van der Waals surface area contributed by atoms with Gasteiger partial charge in [-0.15, -0.1) is 0 Å². The summed E-state index contributed by atoms with van der Waals surface area (Å²) >= 11 is 0. The van der Waals surface area contributed by atoms with Crippen molar-refractivity contribution in [1.29, 1.82) is 15.8 Å². The van der Waals surface area contributed by atoms with Crippen molar-refractivity contribution in [2.24, 2.45) is 28.9 Å². The van der Waals surface area contributed by atoms with Crippen LogP contribution in [0, 0.1) is 57.2 Å². The first-order valence-corrected chi connectivity index (χ1v) is 8.22. The number of amides is 1. The molecule has 0 aromatic heterocycles. The molecule has 1 heterocycles. The van der Waals surface area contributed by atoms with Crippen molar-refractivity contribution < 1.29 is 9.53 Å². The number of ether oxygens (including phenoxy) is 1. The highest BCUT2D eigenvalue weighted by Gasteiger charge is 2.55. The van der Waals surface area contributed by atoms with Crippen molar-refractivity contribution in [3.63, 3.8) is 0 Å². The van der Waals surface area contributed by atoms with E-state index in [1.807, 2.05) is 13.8 Å². The molecule has 0 fully saturated rings. The van der Waals surface area contributed by atoms with Crippen molar-refractivity contribution in [3.05, 3.63) is 22.9 Å². The fourth-order valence-corrected chi connectivity index (χ4v) is 3.95. The summed E-state index contributed by atoms with van der Waals surface area (Å²) in [6.07, 6.45) is 1.34. The number of nitriles is 3. The number of hydrogen-bond donors (Lipinski definition) is 1. The smallest absolute Gasteiger partial charge is 0.410 e. The first-order chi connectivity index (χ1) is 11.9. The Balaban J connectivity index is 2.63. The lowest BCUT2D eigenvalue weighted by Crippen LogP contribution is -2.52. The van der Waals surface area contributed by atoms with Crippen molar-refractivity contribution in [1.82, 2.24) is 4.90 Å². The largest absolute Gasteiger partial charge is 0.450 e. The third kappa shape index (κ3) is 2.71. The van der Waals surface area contributed by atoms with Gasteiger partial charge in [0.1, 0.15) is 6.07 Å². The topological polar surface area (TPSA) is 127 Å². The van der Waals surface area contributed by atoms with E-state index in [9.17, 15) is 20.6 Å². The van der Waals surface area contributed by atoms with Crippen molar-refractivity contribution >= 4 is 6.09 Å². The Bertz CT molecular complexity index is 746. The van der Waals surface area contributed by atoms with Crippen LogP contribution in [-0.2, 0) is 4.74 Å². The zero-order valence-electron chi connectivity index (χ0n) is 14.6. The summed E-state index contributed by atoms with van der Waals surface area (Å²) in [6.45, 7) is 6.42. The molecular formula is C18H21N5O2. The Morgan fingerprint density at radius 3 is 2.56 bits per heavy atom. The SMILES string of the molecule is CCOC(=O)N1CC=C2C(C#N)=C(N)C(C#N)(C#N)[C@@H](C(C)C)[C@@H]2C1. The van der Waals surface area contributed by atoms with Crippen LogP contribution in [0.25, 0.3) is 0 Å². The van der Waals surface area contributed by atoms with E-state index in [4.69, 9.17) is 10.5 Å². The third-order valence-electron chi connectivity index (χ3n) is 4.97. The van der Waals surface area contributed by atoms with Gasteiger partial charge in [0, 0.05) is 24.9 Å². The second-order valence-corrected chi connectivity index (χ2v) is 6.57. The van der Waals surface area contributed by atoms with Crippen LogP contribution in [0.4, 0.5) is 4.79 Å². The van der Waals surface area contributed by atoms with Crippen LogP contribution in [-0.4, -0.2) is 30.7 Å². The van der Waals surface area contributed by atoms with Crippen LogP contribution >= 0.6 is 0 Å². The van der Waals surface area contributed by atoms with E-state index >= 15 is 0 Å². The molecule has 25 heavy (non-hydrogen) atoms. The fourth-order valence-electron chi connectivity index (χ4n) is 3.95. The third-order valence-corrected chi connectivity index (χ3v) is 4.97. The lowest BCUT2D eigenvalue weighted by atomic mass is 9.57. The van der Waals surface area contributed by atoms with Crippen LogP contribution in [0.3, 0.4) is 0 Å². The first-order valence-electron chi connectivity index (χ1n) is 8.22. The minimum Gasteiger partial charge on any atom is -0.450 e. The maximum Gasteiger partial charge on any atom is 0.410 e. The molecule has 0 saturated heterocycles. The van der Waals surface area contributed by atoms with Crippen LogP contribution in [0.5, 0.6) is 0 Å². The molecule has 1 aliphatic heterocycles. The van der Waals surface area contributed by atoms with E-state index in [1.54, 1.807) is 13.0 Å². The van der Waals surface area contributed by atoms with E-state index in [0.29, 0.717) is 6.54 Å². The van der Waals surface area contributed by atoms with Crippen LogP contribution in [0.15, 0.2) is 22.9 Å². The number of rotatable bonds is 2. The summed E-state index contributed by atoms with van der Waals surface area (Å²) in [7, 11) is 0. The molecule has 2 rings (SSSR count). The molecule has 130 valence electrons. The maximum atomic E-state index is 12.1. The maximum absolute atomic E-state index is 12.1. The van der Waals surface area contributed by atoms with Gasteiger partial charge in [0.15, 0.2) is 5.41 Å². The van der Waals surface area contributed by atoms with Gasteiger partial charge in [-0.1, -0.05) is 19.9 Å². The van der Waals surface area contributed by atoms with E-state index < -0.39 is 17.4 Å². The number of allylic oxidation sites excluding steroid dienone is 2. The van der Waals surface area contributed by atoms with E-state index in [-0.39, 0.29) is 36.3 Å². The van der Waals surface area contributed by atoms with Crippen LogP contribution in [0.2, 0.25) is 0 Å². The second-order valence-electron chi connectivity index (χ2n) is 6.57. The van der Waals surface area contributed by atoms with Crippen molar-refractivity contribution in [2.75, 3.05) is 19.7 Å². The van der Waals surface area contributed by atoms with Crippen LogP contribution in [0.1, 0.15) is 20.8 Å². The molecule has 0 bridgehead atoms. The monoisotopic (exact) mass is 339 g/mol. The van der Waals surface area contributed by atoms with E-state index in [1.165, 1.54) is 4.90 Å². The lowest BCUT2D eigenvalue weighted by molar-refractivity contribution is 0.0860. The Morgan fingerprint density at radius 2 is 2.08 bits per heavy atom. The number of carbonyl (C=O) groups is 1. The highest BCUT2D eigenvalue weighted by molar-refractivity contribution is 5.69. The molecule has 2 atom stereocenters. The van der Waals surface area contributed by atoms with E-state index in [0.717, 1.165) is 5.57 Å². The Morgan fingerprint density at radius 1 is 1.44 bits per heavy atom. The molecule has 0 aromatic rings. The van der Waals surface area contributed by atoms with E-state index in [2.05, 4.69) is 18.2 Å². The molecule has 0 spiro atoms. The molecule has 1 amide bonds. The van der Waals surface area contributed by atoms with Gasteiger partial charge in [0.25, 0.3) is 0 Å². The van der Waals surface area contributed by atoms with Crippen molar-refractivity contribution in [2.45, 2.75) is 20.8 Å². The van der Waals surface area contributed by atoms with Gasteiger partial charge in [-0.05, 0) is 18.4 Å². The minimum atomic E-state index is -1.58. The highest BCUT2D eigenvalue weighted by atomic mass is 16.6. The lowest BCUT2D eigenvalue weighted by Gasteiger charge is -2.46. The molecule has 2 aliphatic rings. The normalized spacial score (nSPS) is 24.5. The number of carbonyl (C=O) groups excluding carboxylic acids is 1. The van der Waals surface area contributed by atoms with Gasteiger partial charge in [-0.3, -0.25) is 0 Å². The molecule has 0 unspecified atom stereocenters. The number of nitrogens with zero attached hydrogens (tertiary/aromatic N) is 4. The van der Waals surface area contributed by atoms with Crippen LogP contribution < -0.4 is 5.73 Å². The predicted molar refractivity (Wildman–Crippen MR) is 89.0 cm³/mol. The predicted octanol–water partition coefficient (Wildman–Crippen LogP) is 2.06. The van der Waals surface area contributed by atoms with Crippen molar-refractivity contribution in [3.8, 4) is 18.2 Å². The molecular weight excluding hydrogens is 318 g/mol. The molecule has 0 aromatic carbocycles. The van der Waals surface area contributed by atoms with Gasteiger partial charge in [0.2, 0.25) is 0 Å². The number of hydrogen-bond acceptors (Lipinski definition) is 6. The first kappa shape index (κ1) is 18.4. The average Bonchev–Trinajstić information content (AvgIpc) is 2.60. The fraction of sp³-hybridized carbons (Fsp3) is 0.556. The average molecular weight is 339 g/mol. The molecule has 1 aliphatic carbocycles. The van der Waals surface area contributed by atoms with Gasteiger partial charge in [-0.2, -0.15) is 15.8 Å². The van der Waals surface area contributed by atoms with Gasteiger partial charge >= 0.3 is 6.09 Å². The van der Waals surface area contributed by atoms with Gasteiger partial charge in [0.05, 0.1) is 30.0 Å². The zero-order valence-corrected chi connectivity index (χ0v) is 14.6. The minimum absolute atomic E-state index is 0.0192. The Kier molecular flexibility index (Phi) is 5.04. The summed E-state index contributed by atoms with van der Waals surface area (Å²) in [5.74, 6) is -0.795. The summed E-state index contributed by atoms with van der Waals surface area (Å²) in [5, 5.41) is 29.1. The standard InChI is InChI=1S/C18H21N5O2/c1-4-25-17(24)23-6-5-12-13(7-19)16(22)18(9-20,10-21)15(11(2)3)14(12)8-23/h5,11,14-15H,4,6,8,22H2,1-3H3/t14-,15+/m1/s1. The molecule has 7 heteroatoms. The number of fused-ring (bicyclic) bond motifs is 1.